The topological polar surface area (TPSA) is 70.0 Å². The van der Waals surface area contributed by atoms with Crippen LogP contribution in [0.4, 0.5) is 20.6 Å². The van der Waals surface area contributed by atoms with Gasteiger partial charge < -0.3 is 14.6 Å². The molecule has 3 aromatic rings. The fourth-order valence-electron chi connectivity index (χ4n) is 3.89. The first kappa shape index (κ1) is 19.9. The average molecular weight is 409 g/mol. The van der Waals surface area contributed by atoms with Gasteiger partial charge in [-0.05, 0) is 62.6 Å². The second-order valence-corrected chi connectivity index (χ2v) is 7.83. The molecule has 156 valence electrons. The molecule has 1 aliphatic rings. The number of carbonyl (C=O) groups is 2. The minimum absolute atomic E-state index is 0.0511. The van der Waals surface area contributed by atoms with Crippen molar-refractivity contribution in [1.29, 1.82) is 0 Å². The van der Waals surface area contributed by atoms with E-state index in [0.717, 1.165) is 28.1 Å². The molecular formula is C22H24FN5O2. The van der Waals surface area contributed by atoms with Crippen molar-refractivity contribution in [2.75, 3.05) is 23.8 Å². The summed E-state index contributed by atoms with van der Waals surface area (Å²) in [5.74, 6) is -0.527. The second-order valence-electron chi connectivity index (χ2n) is 7.83. The molecule has 1 saturated heterocycles. The minimum Gasteiger partial charge on any atom is -0.378 e. The van der Waals surface area contributed by atoms with Crippen LogP contribution in [0, 0.1) is 33.5 Å². The number of rotatable bonds is 4. The molecule has 2 aromatic heterocycles. The summed E-state index contributed by atoms with van der Waals surface area (Å²) in [6, 6.07) is 4.43. The van der Waals surface area contributed by atoms with Crippen molar-refractivity contribution >= 4 is 29.0 Å². The van der Waals surface area contributed by atoms with Crippen molar-refractivity contribution in [2.24, 2.45) is 0 Å². The van der Waals surface area contributed by atoms with E-state index < -0.39 is 0 Å². The molecule has 3 amide bonds. The van der Waals surface area contributed by atoms with Crippen LogP contribution in [0.25, 0.3) is 5.65 Å². The predicted octanol–water partition coefficient (Wildman–Crippen LogP) is 3.72. The Kier molecular flexibility index (Phi) is 4.72. The molecule has 0 bridgehead atoms. The average Bonchev–Trinajstić information content (AvgIpc) is 3.09. The number of aryl methyl sites for hydroxylation is 4. The van der Waals surface area contributed by atoms with Crippen LogP contribution >= 0.6 is 0 Å². The highest BCUT2D eigenvalue weighted by atomic mass is 19.1. The number of urea groups is 1. The lowest BCUT2D eigenvalue weighted by Crippen LogP contribution is -2.31. The van der Waals surface area contributed by atoms with Gasteiger partial charge in [0, 0.05) is 25.5 Å². The third-order valence-electron chi connectivity index (χ3n) is 5.70. The maximum atomic E-state index is 13.7. The lowest BCUT2D eigenvalue weighted by Gasteiger charge is -2.18. The van der Waals surface area contributed by atoms with Crippen LogP contribution in [0.15, 0.2) is 24.4 Å². The molecule has 7 nitrogen and oxygen atoms in total. The molecule has 0 radical (unpaired) electrons. The van der Waals surface area contributed by atoms with E-state index in [-0.39, 0.29) is 24.3 Å². The smallest absolute Gasteiger partial charge is 0.331 e. The van der Waals surface area contributed by atoms with Gasteiger partial charge in [0.15, 0.2) is 5.65 Å². The number of nitrogens with one attached hydrogen (secondary N) is 1. The van der Waals surface area contributed by atoms with E-state index in [1.54, 1.807) is 19.3 Å². The molecule has 1 N–H and O–H groups in total. The van der Waals surface area contributed by atoms with E-state index in [9.17, 15) is 14.0 Å². The zero-order chi connectivity index (χ0) is 21.7. The Balaban J connectivity index is 1.78. The number of fused-ring (bicyclic) bond motifs is 1. The first-order valence-electron chi connectivity index (χ1n) is 9.74. The molecule has 0 unspecified atom stereocenters. The summed E-state index contributed by atoms with van der Waals surface area (Å²) in [4.78, 5) is 32.1. The van der Waals surface area contributed by atoms with Crippen LogP contribution in [-0.2, 0) is 11.3 Å². The summed E-state index contributed by atoms with van der Waals surface area (Å²) in [5.41, 5.74) is 6.38. The number of imide groups is 1. The van der Waals surface area contributed by atoms with Gasteiger partial charge in [0.2, 0.25) is 0 Å². The van der Waals surface area contributed by atoms with Crippen molar-refractivity contribution in [3.05, 3.63) is 58.3 Å². The summed E-state index contributed by atoms with van der Waals surface area (Å²) >= 11 is 0. The van der Waals surface area contributed by atoms with Crippen molar-refractivity contribution in [1.82, 2.24) is 14.3 Å². The second kappa shape index (κ2) is 7.12. The van der Waals surface area contributed by atoms with Crippen LogP contribution in [0.1, 0.15) is 28.1 Å². The highest BCUT2D eigenvalue weighted by Gasteiger charge is 2.35. The van der Waals surface area contributed by atoms with Gasteiger partial charge in [-0.1, -0.05) is 0 Å². The Hall–Kier alpha value is -3.42. The monoisotopic (exact) mass is 409 g/mol. The number of hydrogen-bond acceptors (Lipinski definition) is 4. The van der Waals surface area contributed by atoms with Crippen LogP contribution in [-0.4, -0.2) is 39.8 Å². The zero-order valence-corrected chi connectivity index (χ0v) is 17.7. The van der Waals surface area contributed by atoms with E-state index in [2.05, 4.69) is 10.3 Å². The lowest BCUT2D eigenvalue weighted by molar-refractivity contribution is -0.116. The van der Waals surface area contributed by atoms with Gasteiger partial charge in [-0.25, -0.2) is 19.1 Å². The Bertz CT molecular complexity index is 1180. The number of benzene rings is 1. The molecule has 0 spiro atoms. The fraction of sp³-hybridized carbons (Fsp3) is 0.318. The van der Waals surface area contributed by atoms with E-state index in [4.69, 9.17) is 0 Å². The molecule has 0 aliphatic carbocycles. The van der Waals surface area contributed by atoms with Crippen molar-refractivity contribution in [2.45, 2.75) is 34.2 Å². The summed E-state index contributed by atoms with van der Waals surface area (Å²) in [6.45, 7) is 8.12. The molecular weight excluding hydrogens is 385 g/mol. The highest BCUT2D eigenvalue weighted by molar-refractivity contribution is 6.19. The Morgan fingerprint density at radius 2 is 1.77 bits per heavy atom. The zero-order valence-electron chi connectivity index (χ0n) is 17.7. The molecule has 0 atom stereocenters. The van der Waals surface area contributed by atoms with Gasteiger partial charge >= 0.3 is 6.03 Å². The van der Waals surface area contributed by atoms with E-state index in [1.807, 2.05) is 32.1 Å². The fourth-order valence-corrected chi connectivity index (χ4v) is 3.89. The molecule has 3 heterocycles. The van der Waals surface area contributed by atoms with Crippen LogP contribution < -0.4 is 10.2 Å². The molecule has 1 aromatic carbocycles. The molecule has 1 fully saturated rings. The van der Waals surface area contributed by atoms with E-state index in [1.165, 1.54) is 21.9 Å². The Morgan fingerprint density at radius 3 is 2.37 bits per heavy atom. The van der Waals surface area contributed by atoms with Gasteiger partial charge in [-0.3, -0.25) is 4.79 Å². The van der Waals surface area contributed by atoms with Crippen molar-refractivity contribution < 1.29 is 14.0 Å². The number of anilines is 2. The first-order valence-corrected chi connectivity index (χ1v) is 9.74. The number of pyridine rings is 1. The summed E-state index contributed by atoms with van der Waals surface area (Å²) in [7, 11) is 1.60. The van der Waals surface area contributed by atoms with Crippen LogP contribution in [0.3, 0.4) is 0 Å². The maximum absolute atomic E-state index is 13.7. The SMILES string of the molecule is Cc1cc(F)cc(C)c1CNc1cc(N2C(=O)CN(C)C2=O)cn2c(C)c(C)nc12. The highest BCUT2D eigenvalue weighted by Crippen LogP contribution is 2.29. The first-order chi connectivity index (χ1) is 14.2. The molecule has 4 rings (SSSR count). The van der Waals surface area contributed by atoms with E-state index >= 15 is 0 Å². The largest absolute Gasteiger partial charge is 0.378 e. The third kappa shape index (κ3) is 3.18. The number of halogens is 1. The number of likely N-dealkylation sites (N-methyl/N-ethyl adjacent to an activating group) is 1. The standard InChI is InChI=1S/C22H24FN5O2/c1-12-6-16(23)7-13(2)18(12)9-24-19-8-17(28-20(29)11-26(5)22(28)30)10-27-15(4)14(3)25-21(19)27/h6-8,10,24H,9,11H2,1-5H3. The van der Waals surface area contributed by atoms with Crippen molar-refractivity contribution in [3.63, 3.8) is 0 Å². The van der Waals surface area contributed by atoms with Crippen LogP contribution in [0.2, 0.25) is 0 Å². The van der Waals surface area contributed by atoms with Crippen molar-refractivity contribution in [3.8, 4) is 0 Å². The predicted molar refractivity (Wildman–Crippen MR) is 113 cm³/mol. The van der Waals surface area contributed by atoms with Crippen LogP contribution in [0.5, 0.6) is 0 Å². The summed E-state index contributed by atoms with van der Waals surface area (Å²) in [6.07, 6.45) is 1.76. The summed E-state index contributed by atoms with van der Waals surface area (Å²) < 4.78 is 15.5. The lowest BCUT2D eigenvalue weighted by atomic mass is 10.0. The number of amides is 3. The molecule has 8 heteroatoms. The number of imidazole rings is 1. The summed E-state index contributed by atoms with van der Waals surface area (Å²) in [5, 5.41) is 3.38. The van der Waals surface area contributed by atoms with Gasteiger partial charge in [-0.2, -0.15) is 0 Å². The molecule has 0 saturated carbocycles. The van der Waals surface area contributed by atoms with Gasteiger partial charge in [0.05, 0.1) is 17.1 Å². The number of aromatic nitrogens is 2. The Morgan fingerprint density at radius 1 is 1.10 bits per heavy atom. The minimum atomic E-state index is -0.356. The number of nitrogens with zero attached hydrogens (tertiary/aromatic N) is 4. The molecule has 30 heavy (non-hydrogen) atoms. The normalized spacial score (nSPS) is 14.3. The Labute approximate surface area is 174 Å². The van der Waals surface area contributed by atoms with Gasteiger partial charge in [0.1, 0.15) is 12.4 Å². The van der Waals surface area contributed by atoms with Gasteiger partial charge in [0.25, 0.3) is 5.91 Å². The quantitative estimate of drug-likeness (QED) is 0.667. The number of hydrogen-bond donors (Lipinski definition) is 1. The third-order valence-corrected chi connectivity index (χ3v) is 5.70. The molecule has 1 aliphatic heterocycles. The number of carbonyl (C=O) groups excluding carboxylic acids is 2. The van der Waals surface area contributed by atoms with Gasteiger partial charge in [-0.15, -0.1) is 0 Å². The van der Waals surface area contributed by atoms with E-state index in [0.29, 0.717) is 23.6 Å². The maximum Gasteiger partial charge on any atom is 0.331 e.